The highest BCUT2D eigenvalue weighted by Crippen LogP contribution is 2.19. The van der Waals surface area contributed by atoms with Crippen LogP contribution in [0.15, 0.2) is 0 Å². The van der Waals surface area contributed by atoms with Crippen LogP contribution < -0.4 is 11.4 Å². The predicted molar refractivity (Wildman–Crippen MR) is 126 cm³/mol. The summed E-state index contributed by atoms with van der Waals surface area (Å²) in [7, 11) is 0. The molecule has 1 fully saturated rings. The zero-order valence-corrected chi connectivity index (χ0v) is 20.5. The maximum Gasteiger partial charge on any atom is 0.306 e. The number of ether oxygens (including phenoxy) is 1. The van der Waals surface area contributed by atoms with E-state index >= 15 is 0 Å². The molecule has 0 radical (unpaired) electrons. The van der Waals surface area contributed by atoms with Crippen LogP contribution in [0.1, 0.15) is 129 Å². The van der Waals surface area contributed by atoms with Gasteiger partial charge in [-0.25, -0.2) is 11.4 Å². The lowest BCUT2D eigenvalue weighted by Gasteiger charge is -2.21. The molecular formula is C24H50N2O6. The van der Waals surface area contributed by atoms with Gasteiger partial charge in [-0.1, -0.05) is 71.6 Å². The quantitative estimate of drug-likeness (QED) is 0.0922. The Hall–Kier alpha value is -1.22. The number of aliphatic hydroxyl groups excluding tert-OH is 1. The molecule has 8 nitrogen and oxygen atoms in total. The van der Waals surface area contributed by atoms with E-state index in [1.807, 2.05) is 0 Å². The number of cyclic esters (lactones) is 1. The molecule has 32 heavy (non-hydrogen) atoms. The number of nitrogens with two attached hydrogens (primary N) is 1. The van der Waals surface area contributed by atoms with Gasteiger partial charge in [-0.3, -0.25) is 14.8 Å². The fourth-order valence-electron chi connectivity index (χ4n) is 3.64. The summed E-state index contributed by atoms with van der Waals surface area (Å²) < 4.78 is 5.25. The minimum Gasteiger partial charge on any atom is -0.462 e. The molecule has 1 rings (SSSR count). The molecular weight excluding hydrogens is 412 g/mol. The van der Waals surface area contributed by atoms with Crippen molar-refractivity contribution < 1.29 is 29.8 Å². The van der Waals surface area contributed by atoms with Crippen LogP contribution in [-0.4, -0.2) is 39.6 Å². The third kappa shape index (κ3) is 23.4. The van der Waals surface area contributed by atoms with Crippen molar-refractivity contribution in [1.29, 1.82) is 0 Å². The number of hydrogen-bond acceptors (Lipinski definition) is 7. The molecule has 2 atom stereocenters. The minimum atomic E-state index is -0.379. The first-order valence-corrected chi connectivity index (χ1v) is 12.6. The van der Waals surface area contributed by atoms with Gasteiger partial charge in [0.1, 0.15) is 6.10 Å². The van der Waals surface area contributed by atoms with Crippen LogP contribution in [0, 0.1) is 0 Å². The Morgan fingerprint density at radius 1 is 1.00 bits per heavy atom. The van der Waals surface area contributed by atoms with Gasteiger partial charge in [0, 0.05) is 12.8 Å². The first-order chi connectivity index (χ1) is 15.5. The van der Waals surface area contributed by atoms with Gasteiger partial charge in [-0.2, -0.15) is 0 Å². The van der Waals surface area contributed by atoms with Gasteiger partial charge in [0.2, 0.25) is 5.91 Å². The number of rotatable bonds is 16. The van der Waals surface area contributed by atoms with Crippen molar-refractivity contribution in [2.45, 2.75) is 142 Å². The number of aliphatic hydroxyl groups is 1. The maximum absolute atomic E-state index is 11.0. The molecule has 1 saturated heterocycles. The van der Waals surface area contributed by atoms with E-state index < -0.39 is 0 Å². The largest absolute Gasteiger partial charge is 0.462 e. The molecule has 1 aliphatic rings. The lowest BCUT2D eigenvalue weighted by atomic mass is 10.0. The van der Waals surface area contributed by atoms with Crippen molar-refractivity contribution in [2.75, 3.05) is 0 Å². The number of hydrogen-bond donors (Lipinski definition) is 5. The zero-order chi connectivity index (χ0) is 24.5. The molecule has 0 aliphatic carbocycles. The second-order valence-electron chi connectivity index (χ2n) is 8.49. The van der Waals surface area contributed by atoms with E-state index in [2.05, 4.69) is 19.7 Å². The van der Waals surface area contributed by atoms with Crippen LogP contribution in [0.5, 0.6) is 0 Å². The third-order valence-electron chi connectivity index (χ3n) is 5.54. The van der Waals surface area contributed by atoms with Crippen LogP contribution in [-0.2, 0) is 14.3 Å². The number of amides is 1. The Balaban J connectivity index is 0. The Bertz CT molecular complexity index is 423. The van der Waals surface area contributed by atoms with Crippen molar-refractivity contribution in [1.82, 2.24) is 5.48 Å². The van der Waals surface area contributed by atoms with E-state index in [-0.39, 0.29) is 30.5 Å². The molecule has 0 aromatic heterocycles. The van der Waals surface area contributed by atoms with Crippen LogP contribution in [0.4, 0.5) is 0 Å². The Morgan fingerprint density at radius 2 is 1.56 bits per heavy atom. The van der Waals surface area contributed by atoms with Crippen molar-refractivity contribution in [3.63, 3.8) is 0 Å². The van der Waals surface area contributed by atoms with Crippen LogP contribution in [0.25, 0.3) is 0 Å². The number of unbranched alkanes of at least 4 members (excludes halogenated alkanes) is 8. The number of nitrogens with one attached hydrogen (secondary N) is 1. The van der Waals surface area contributed by atoms with Gasteiger partial charge in [-0.05, 0) is 44.9 Å². The molecule has 192 valence electrons. The Kier molecular flexibility index (Phi) is 26.8. The topological polar surface area (TPSA) is 142 Å². The number of carbonyl (C=O) groups excluding carboxylic acids is 2. The molecule has 1 aliphatic heterocycles. The normalized spacial score (nSPS) is 16.1. The first kappa shape index (κ1) is 33.0. The monoisotopic (exact) mass is 462 g/mol. The fraction of sp³-hybridized carbons (Fsp3) is 0.917. The standard InChI is InChI=1S/C12H25NO3.C12H22O2.H3NO/c1-2-3-4-5-6-8-11(14)9-7-10-12(15)13-16;1-2-3-4-5-6-8-11-9-7-10-12(13)14-11;1-2/h11,14,16H,2-10H2,1H3,(H,13,15);11H,2-10H2,1H3;2H,1H2. The van der Waals surface area contributed by atoms with Crippen LogP contribution in [0.2, 0.25) is 0 Å². The highest BCUT2D eigenvalue weighted by Gasteiger charge is 2.19. The molecule has 0 saturated carbocycles. The zero-order valence-electron chi connectivity index (χ0n) is 20.5. The molecule has 0 spiro atoms. The predicted octanol–water partition coefficient (Wildman–Crippen LogP) is 5.16. The first-order valence-electron chi connectivity index (χ1n) is 12.6. The molecule has 0 aromatic carbocycles. The van der Waals surface area contributed by atoms with E-state index in [0.717, 1.165) is 32.1 Å². The third-order valence-corrected chi connectivity index (χ3v) is 5.54. The van der Waals surface area contributed by atoms with Crippen LogP contribution in [0.3, 0.4) is 0 Å². The lowest BCUT2D eigenvalue weighted by Crippen LogP contribution is -2.23. The Labute approximate surface area is 195 Å². The summed E-state index contributed by atoms with van der Waals surface area (Å²) in [4.78, 5) is 21.7. The van der Waals surface area contributed by atoms with E-state index in [1.54, 1.807) is 5.48 Å². The van der Waals surface area contributed by atoms with E-state index in [0.29, 0.717) is 19.3 Å². The highest BCUT2D eigenvalue weighted by atomic mass is 16.5. The van der Waals surface area contributed by atoms with Gasteiger partial charge in [0.05, 0.1) is 6.10 Å². The molecule has 1 heterocycles. The van der Waals surface area contributed by atoms with E-state index in [1.165, 1.54) is 57.8 Å². The summed E-state index contributed by atoms with van der Waals surface area (Å²) in [6.45, 7) is 4.41. The fourth-order valence-corrected chi connectivity index (χ4v) is 3.64. The van der Waals surface area contributed by atoms with Crippen LogP contribution >= 0.6 is 0 Å². The average Bonchev–Trinajstić information content (AvgIpc) is 2.80. The van der Waals surface area contributed by atoms with Crippen molar-refractivity contribution in [3.05, 3.63) is 0 Å². The molecule has 8 heteroatoms. The smallest absolute Gasteiger partial charge is 0.306 e. The average molecular weight is 463 g/mol. The van der Waals surface area contributed by atoms with E-state index in [4.69, 9.17) is 15.2 Å². The van der Waals surface area contributed by atoms with Crippen molar-refractivity contribution in [2.24, 2.45) is 5.90 Å². The van der Waals surface area contributed by atoms with Gasteiger partial charge in [-0.15, -0.1) is 0 Å². The molecule has 1 amide bonds. The summed E-state index contributed by atoms with van der Waals surface area (Å²) >= 11 is 0. The molecule has 0 aromatic rings. The lowest BCUT2D eigenvalue weighted by molar-refractivity contribution is -0.154. The van der Waals surface area contributed by atoms with Gasteiger partial charge < -0.3 is 15.1 Å². The van der Waals surface area contributed by atoms with Gasteiger partial charge >= 0.3 is 5.97 Å². The highest BCUT2D eigenvalue weighted by molar-refractivity contribution is 5.74. The maximum atomic E-state index is 11.0. The van der Waals surface area contributed by atoms with Gasteiger partial charge in [0.15, 0.2) is 0 Å². The minimum absolute atomic E-state index is 0.00908. The Morgan fingerprint density at radius 3 is 2.12 bits per heavy atom. The summed E-state index contributed by atoms with van der Waals surface area (Å²) in [6, 6.07) is 0. The second kappa shape index (κ2) is 26.0. The van der Waals surface area contributed by atoms with E-state index in [9.17, 15) is 14.7 Å². The summed E-state index contributed by atoms with van der Waals surface area (Å²) in [5.74, 6) is 3.13. The molecule has 0 bridgehead atoms. The summed E-state index contributed by atoms with van der Waals surface area (Å²) in [6.07, 6.45) is 18.6. The van der Waals surface area contributed by atoms with Gasteiger partial charge in [0.25, 0.3) is 0 Å². The molecule has 2 unspecified atom stereocenters. The molecule has 6 N–H and O–H groups in total. The summed E-state index contributed by atoms with van der Waals surface area (Å²) in [5, 5.41) is 24.4. The van der Waals surface area contributed by atoms with Crippen molar-refractivity contribution in [3.8, 4) is 0 Å². The number of hydroxylamine groups is 1. The number of carbonyl (C=O) groups is 2. The number of esters is 1. The second-order valence-corrected chi connectivity index (χ2v) is 8.49. The SMILES string of the molecule is CCCCCCCC(O)CCCC(=O)NO.CCCCCCCC1CCCC(=O)O1.NO. The summed E-state index contributed by atoms with van der Waals surface area (Å²) in [5.41, 5.74) is 1.58. The van der Waals surface area contributed by atoms with Crippen molar-refractivity contribution >= 4 is 11.9 Å².